The summed E-state index contributed by atoms with van der Waals surface area (Å²) in [4.78, 5) is 17.8. The van der Waals surface area contributed by atoms with Crippen molar-refractivity contribution in [1.82, 2.24) is 24.6 Å². The Morgan fingerprint density at radius 1 is 1.06 bits per heavy atom. The van der Waals surface area contributed by atoms with E-state index in [1.165, 1.54) is 11.8 Å². The second-order valence-electron chi connectivity index (χ2n) is 8.23. The predicted molar refractivity (Wildman–Crippen MR) is 134 cm³/mol. The highest BCUT2D eigenvalue weighted by Gasteiger charge is 2.21. The summed E-state index contributed by atoms with van der Waals surface area (Å²) in [5.41, 5.74) is 4.09. The molecule has 0 aliphatic heterocycles. The van der Waals surface area contributed by atoms with Gasteiger partial charge in [-0.1, -0.05) is 48.2 Å². The van der Waals surface area contributed by atoms with E-state index < -0.39 is 0 Å². The number of H-pyrrole nitrogens is 1. The molecular formula is C26H25N5O2S. The van der Waals surface area contributed by atoms with Gasteiger partial charge in [0.05, 0.1) is 18.0 Å². The van der Waals surface area contributed by atoms with Gasteiger partial charge in [0, 0.05) is 29.7 Å². The van der Waals surface area contributed by atoms with E-state index in [1.54, 1.807) is 11.9 Å². The number of aromatic nitrogens is 4. The number of aromatic amines is 1. The van der Waals surface area contributed by atoms with E-state index >= 15 is 0 Å². The number of carbonyl (C=O) groups excluding carboxylic acids is 1. The van der Waals surface area contributed by atoms with Gasteiger partial charge in [-0.2, -0.15) is 0 Å². The van der Waals surface area contributed by atoms with Crippen molar-refractivity contribution in [3.05, 3.63) is 83.9 Å². The number of nitrogens with one attached hydrogen (secondary N) is 1. The second-order valence-corrected chi connectivity index (χ2v) is 9.17. The van der Waals surface area contributed by atoms with Gasteiger partial charge in [-0.05, 0) is 43.7 Å². The molecule has 5 rings (SSSR count). The van der Waals surface area contributed by atoms with Crippen LogP contribution >= 0.6 is 11.8 Å². The maximum absolute atomic E-state index is 12.9. The molecule has 0 atom stereocenters. The van der Waals surface area contributed by atoms with Crippen molar-refractivity contribution in [2.45, 2.75) is 25.5 Å². The maximum atomic E-state index is 12.9. The lowest BCUT2D eigenvalue weighted by Crippen LogP contribution is -2.27. The first-order valence-corrected chi connectivity index (χ1v) is 12.0. The van der Waals surface area contributed by atoms with Gasteiger partial charge in [-0.25, -0.2) is 0 Å². The Morgan fingerprint density at radius 2 is 1.85 bits per heavy atom. The number of para-hydroxylation sites is 2. The summed E-state index contributed by atoms with van der Waals surface area (Å²) in [7, 11) is 1.78. The fourth-order valence-corrected chi connectivity index (χ4v) is 4.84. The van der Waals surface area contributed by atoms with Gasteiger partial charge in [-0.15, -0.1) is 10.2 Å². The van der Waals surface area contributed by atoms with Gasteiger partial charge >= 0.3 is 0 Å². The first-order chi connectivity index (χ1) is 16.5. The number of hydrogen-bond acceptors (Lipinski definition) is 5. The molecule has 0 spiro atoms. The number of rotatable bonds is 7. The normalized spacial score (nSPS) is 11.3. The van der Waals surface area contributed by atoms with Gasteiger partial charge < -0.3 is 14.3 Å². The Hall–Kier alpha value is -3.78. The molecule has 2 aromatic carbocycles. The third kappa shape index (κ3) is 4.24. The van der Waals surface area contributed by atoms with Crippen molar-refractivity contribution in [3.8, 4) is 17.1 Å². The van der Waals surface area contributed by atoms with Gasteiger partial charge in [0.15, 0.2) is 11.0 Å². The zero-order chi connectivity index (χ0) is 23.7. The Kier molecular flexibility index (Phi) is 5.98. The molecule has 1 N–H and O–H groups in total. The molecule has 1 amide bonds. The smallest absolute Gasteiger partial charge is 0.233 e. The van der Waals surface area contributed by atoms with Crippen LogP contribution in [0.3, 0.4) is 0 Å². The summed E-state index contributed by atoms with van der Waals surface area (Å²) >= 11 is 1.38. The number of benzene rings is 2. The first-order valence-electron chi connectivity index (χ1n) is 11.0. The van der Waals surface area contributed by atoms with Crippen LogP contribution in [0.1, 0.15) is 17.1 Å². The van der Waals surface area contributed by atoms with Crippen molar-refractivity contribution in [3.63, 3.8) is 0 Å². The van der Waals surface area contributed by atoms with Gasteiger partial charge in [-0.3, -0.25) is 9.36 Å². The van der Waals surface area contributed by atoms with E-state index in [4.69, 9.17) is 4.42 Å². The molecule has 34 heavy (non-hydrogen) atoms. The SMILES string of the molecule is Cc1ccc(CN(C)C(=O)CSc2nnc(-c3c[nH]c4ccccc34)n2-c2ccccc2C)o1. The van der Waals surface area contributed by atoms with Crippen LogP contribution in [0.2, 0.25) is 0 Å². The molecule has 0 saturated carbocycles. The van der Waals surface area contributed by atoms with E-state index in [0.29, 0.717) is 11.7 Å². The summed E-state index contributed by atoms with van der Waals surface area (Å²) in [5, 5.41) is 10.8. The number of carbonyl (C=O) groups is 1. The Bertz CT molecular complexity index is 1460. The minimum atomic E-state index is -0.00738. The molecule has 5 aromatic rings. The average molecular weight is 472 g/mol. The van der Waals surface area contributed by atoms with Crippen molar-refractivity contribution in [2.75, 3.05) is 12.8 Å². The molecule has 172 valence electrons. The highest BCUT2D eigenvalue weighted by molar-refractivity contribution is 7.99. The van der Waals surface area contributed by atoms with Crippen LogP contribution in [0.4, 0.5) is 0 Å². The summed E-state index contributed by atoms with van der Waals surface area (Å²) in [6.45, 7) is 4.39. The van der Waals surface area contributed by atoms with E-state index in [2.05, 4.69) is 34.2 Å². The lowest BCUT2D eigenvalue weighted by Gasteiger charge is -2.16. The second kappa shape index (κ2) is 9.23. The van der Waals surface area contributed by atoms with E-state index in [0.717, 1.165) is 45.1 Å². The number of furan rings is 1. The fourth-order valence-electron chi connectivity index (χ4n) is 3.95. The standard InChI is InChI=1S/C26H25N5O2S/c1-17-8-4-7-11-23(17)31-25(21-14-27-22-10-6-5-9-20(21)22)28-29-26(31)34-16-24(32)30(3)15-19-13-12-18(2)33-19/h4-14,27H,15-16H2,1-3H3. The summed E-state index contributed by atoms with van der Waals surface area (Å²) in [5.74, 6) is 2.58. The molecule has 0 unspecified atom stereocenters. The minimum absolute atomic E-state index is 0.00738. The zero-order valence-electron chi connectivity index (χ0n) is 19.3. The molecule has 3 heterocycles. The van der Waals surface area contributed by atoms with Gasteiger partial charge in [0.1, 0.15) is 11.5 Å². The quantitative estimate of drug-likeness (QED) is 0.323. The molecule has 0 aliphatic rings. The number of hydrogen-bond donors (Lipinski definition) is 1. The van der Waals surface area contributed by atoms with Crippen LogP contribution in [0.25, 0.3) is 28.0 Å². The van der Waals surface area contributed by atoms with Gasteiger partial charge in [0.25, 0.3) is 0 Å². The van der Waals surface area contributed by atoms with Gasteiger partial charge in [0.2, 0.25) is 5.91 Å². The third-order valence-corrected chi connectivity index (χ3v) is 6.67. The summed E-state index contributed by atoms with van der Waals surface area (Å²) < 4.78 is 7.65. The number of fused-ring (bicyclic) bond motifs is 1. The Morgan fingerprint density at radius 3 is 2.65 bits per heavy atom. The minimum Gasteiger partial charge on any atom is -0.464 e. The van der Waals surface area contributed by atoms with Crippen LogP contribution in [0.15, 0.2) is 76.4 Å². The van der Waals surface area contributed by atoms with E-state index in [1.807, 2.05) is 66.2 Å². The van der Waals surface area contributed by atoms with E-state index in [9.17, 15) is 4.79 Å². The van der Waals surface area contributed by atoms with Crippen LogP contribution in [-0.2, 0) is 11.3 Å². The van der Waals surface area contributed by atoms with Crippen molar-refractivity contribution >= 4 is 28.6 Å². The molecule has 0 saturated heterocycles. The van der Waals surface area contributed by atoms with Crippen molar-refractivity contribution < 1.29 is 9.21 Å². The molecule has 0 radical (unpaired) electrons. The summed E-state index contributed by atoms with van der Waals surface area (Å²) in [6.07, 6.45) is 1.96. The van der Waals surface area contributed by atoms with Crippen molar-refractivity contribution in [1.29, 1.82) is 0 Å². The fraction of sp³-hybridized carbons (Fsp3) is 0.192. The van der Waals surface area contributed by atoms with Crippen LogP contribution < -0.4 is 0 Å². The number of nitrogens with zero attached hydrogens (tertiary/aromatic N) is 4. The van der Waals surface area contributed by atoms with Crippen LogP contribution in [0.5, 0.6) is 0 Å². The highest BCUT2D eigenvalue weighted by Crippen LogP contribution is 2.33. The maximum Gasteiger partial charge on any atom is 0.233 e. The van der Waals surface area contributed by atoms with Crippen LogP contribution in [-0.4, -0.2) is 43.4 Å². The molecule has 3 aromatic heterocycles. The third-order valence-electron chi connectivity index (χ3n) is 5.76. The molecule has 0 aliphatic carbocycles. The Balaban J connectivity index is 1.46. The van der Waals surface area contributed by atoms with Crippen molar-refractivity contribution in [2.24, 2.45) is 0 Å². The largest absolute Gasteiger partial charge is 0.464 e. The Labute approximate surface area is 201 Å². The monoisotopic (exact) mass is 471 g/mol. The number of thioether (sulfide) groups is 1. The summed E-state index contributed by atoms with van der Waals surface area (Å²) in [6, 6.07) is 20.0. The lowest BCUT2D eigenvalue weighted by molar-refractivity contribution is -0.127. The molecule has 0 fully saturated rings. The predicted octanol–water partition coefficient (Wildman–Crippen LogP) is 5.38. The van der Waals surface area contributed by atoms with Crippen LogP contribution in [0, 0.1) is 13.8 Å². The van der Waals surface area contributed by atoms with E-state index in [-0.39, 0.29) is 11.7 Å². The molecule has 7 nitrogen and oxygen atoms in total. The first kappa shape index (κ1) is 22.0. The topological polar surface area (TPSA) is 80.0 Å². The molecular weight excluding hydrogens is 446 g/mol. The highest BCUT2D eigenvalue weighted by atomic mass is 32.2. The molecule has 0 bridgehead atoms. The number of aryl methyl sites for hydroxylation is 2. The zero-order valence-corrected chi connectivity index (χ0v) is 20.1. The molecule has 8 heteroatoms. The number of amides is 1. The average Bonchev–Trinajstić information content (AvgIpc) is 3.55. The lowest BCUT2D eigenvalue weighted by atomic mass is 10.1.